The minimum atomic E-state index is -2.94. The lowest BCUT2D eigenvalue weighted by molar-refractivity contribution is 0.168. The maximum absolute atomic E-state index is 11.4. The Morgan fingerprint density at radius 2 is 2.00 bits per heavy atom. The summed E-state index contributed by atoms with van der Waals surface area (Å²) in [5, 5.41) is 7.37. The van der Waals surface area contributed by atoms with Crippen LogP contribution in [0.1, 0.15) is 26.0 Å². The van der Waals surface area contributed by atoms with Crippen molar-refractivity contribution in [2.24, 2.45) is 10.4 Å². The van der Waals surface area contributed by atoms with E-state index in [2.05, 4.69) is 39.1 Å². The normalized spacial score (nSPS) is 16.9. The number of rotatable bonds is 7. The minimum absolute atomic E-state index is 0. The van der Waals surface area contributed by atoms with Crippen LogP contribution in [-0.2, 0) is 16.4 Å². The molecule has 1 saturated heterocycles. The van der Waals surface area contributed by atoms with E-state index in [4.69, 9.17) is 4.52 Å². The van der Waals surface area contributed by atoms with Crippen LogP contribution >= 0.6 is 24.0 Å². The topological polar surface area (TPSA) is 91.0 Å². The van der Waals surface area contributed by atoms with Crippen LogP contribution in [0.3, 0.4) is 0 Å². The van der Waals surface area contributed by atoms with Crippen LogP contribution < -0.4 is 5.32 Å². The van der Waals surface area contributed by atoms with Gasteiger partial charge >= 0.3 is 0 Å². The molecule has 1 aromatic heterocycles. The Bertz CT molecular complexity index is 683. The summed E-state index contributed by atoms with van der Waals surface area (Å²) in [5.41, 5.74) is 0.835. The highest BCUT2D eigenvalue weighted by atomic mass is 127. The van der Waals surface area contributed by atoms with Crippen LogP contribution in [0.4, 0.5) is 0 Å². The van der Waals surface area contributed by atoms with Gasteiger partial charge in [0.15, 0.2) is 5.96 Å². The summed E-state index contributed by atoms with van der Waals surface area (Å²) in [6.07, 6.45) is 3.51. The van der Waals surface area contributed by atoms with Crippen LogP contribution in [0.5, 0.6) is 0 Å². The number of hydrogen-bond donors (Lipinski definition) is 1. The van der Waals surface area contributed by atoms with E-state index in [0.717, 1.165) is 44.4 Å². The molecule has 0 atom stereocenters. The molecule has 0 saturated carbocycles. The summed E-state index contributed by atoms with van der Waals surface area (Å²) in [7, 11) is -1.15. The Kier molecular flexibility index (Phi) is 9.49. The van der Waals surface area contributed by atoms with Crippen LogP contribution in [0.2, 0.25) is 0 Å². The largest absolute Gasteiger partial charge is 0.364 e. The van der Waals surface area contributed by atoms with Gasteiger partial charge in [-0.25, -0.2) is 8.42 Å². The van der Waals surface area contributed by atoms with E-state index in [9.17, 15) is 8.42 Å². The Morgan fingerprint density at radius 1 is 1.33 bits per heavy atom. The summed E-state index contributed by atoms with van der Waals surface area (Å²) in [5.74, 6) is 1.08. The van der Waals surface area contributed by atoms with Crippen molar-refractivity contribution >= 4 is 39.8 Å². The molecule has 27 heavy (non-hydrogen) atoms. The van der Waals surface area contributed by atoms with E-state index in [1.807, 2.05) is 6.07 Å². The number of halogens is 1. The van der Waals surface area contributed by atoms with Gasteiger partial charge in [0, 0.05) is 58.6 Å². The monoisotopic (exact) mass is 513 g/mol. The second-order valence-electron chi connectivity index (χ2n) is 7.70. The van der Waals surface area contributed by atoms with Gasteiger partial charge in [-0.2, -0.15) is 0 Å². The van der Waals surface area contributed by atoms with Gasteiger partial charge in [-0.05, 0) is 11.8 Å². The third-order valence-electron chi connectivity index (χ3n) is 4.64. The molecule has 10 heteroatoms. The molecule has 1 aromatic rings. The fourth-order valence-corrected chi connectivity index (χ4v) is 3.79. The van der Waals surface area contributed by atoms with Gasteiger partial charge < -0.3 is 14.7 Å². The Labute approximate surface area is 179 Å². The van der Waals surface area contributed by atoms with E-state index in [-0.39, 0.29) is 35.1 Å². The van der Waals surface area contributed by atoms with Crippen LogP contribution in [-0.4, -0.2) is 81.1 Å². The van der Waals surface area contributed by atoms with Crippen molar-refractivity contribution in [2.45, 2.75) is 26.8 Å². The number of aliphatic imine (C=N–C) groups is 1. The van der Waals surface area contributed by atoms with Gasteiger partial charge in [0.2, 0.25) is 0 Å². The highest BCUT2D eigenvalue weighted by Crippen LogP contribution is 2.20. The van der Waals surface area contributed by atoms with E-state index in [0.29, 0.717) is 13.0 Å². The smallest absolute Gasteiger partial charge is 0.193 e. The van der Waals surface area contributed by atoms with Gasteiger partial charge in [-0.1, -0.05) is 19.0 Å². The molecule has 0 aliphatic carbocycles. The Balaban J connectivity index is 0.00000364. The molecular weight excluding hydrogens is 481 g/mol. The maximum Gasteiger partial charge on any atom is 0.193 e. The van der Waals surface area contributed by atoms with Crippen LogP contribution in [0, 0.1) is 5.41 Å². The van der Waals surface area contributed by atoms with Crippen molar-refractivity contribution in [1.82, 2.24) is 20.3 Å². The van der Waals surface area contributed by atoms with E-state index >= 15 is 0 Å². The zero-order chi connectivity index (χ0) is 19.2. The zero-order valence-corrected chi connectivity index (χ0v) is 19.8. The predicted octanol–water partition coefficient (Wildman–Crippen LogP) is 1.45. The van der Waals surface area contributed by atoms with Crippen molar-refractivity contribution in [2.75, 3.05) is 51.8 Å². The number of nitrogens with zero attached hydrogens (tertiary/aromatic N) is 4. The van der Waals surface area contributed by atoms with Crippen molar-refractivity contribution < 1.29 is 12.9 Å². The van der Waals surface area contributed by atoms with E-state index in [1.54, 1.807) is 13.3 Å². The molecule has 0 spiro atoms. The number of guanidine groups is 1. The average molecular weight is 513 g/mol. The van der Waals surface area contributed by atoms with Crippen molar-refractivity contribution in [3.63, 3.8) is 0 Å². The molecule has 1 fully saturated rings. The minimum Gasteiger partial charge on any atom is -0.364 e. The molecule has 0 aromatic carbocycles. The van der Waals surface area contributed by atoms with E-state index in [1.165, 1.54) is 6.26 Å². The van der Waals surface area contributed by atoms with Gasteiger partial charge in [0.1, 0.15) is 16.1 Å². The first-order valence-corrected chi connectivity index (χ1v) is 11.0. The first kappa shape index (κ1) is 24.2. The molecule has 1 N–H and O–H groups in total. The molecule has 156 valence electrons. The second kappa shape index (κ2) is 10.6. The van der Waals surface area contributed by atoms with Gasteiger partial charge in [0.25, 0.3) is 0 Å². The van der Waals surface area contributed by atoms with Gasteiger partial charge in [-0.3, -0.25) is 9.89 Å². The first-order valence-electron chi connectivity index (χ1n) is 8.93. The number of piperazine rings is 1. The summed E-state index contributed by atoms with van der Waals surface area (Å²) < 4.78 is 27.7. The molecule has 2 rings (SSSR count). The van der Waals surface area contributed by atoms with Gasteiger partial charge in [-0.15, -0.1) is 24.0 Å². The third kappa shape index (κ3) is 8.77. The van der Waals surface area contributed by atoms with E-state index < -0.39 is 9.84 Å². The Hall–Kier alpha value is -0.880. The second-order valence-corrected chi connectivity index (χ2v) is 9.96. The van der Waals surface area contributed by atoms with Crippen molar-refractivity contribution in [3.8, 4) is 0 Å². The highest BCUT2D eigenvalue weighted by molar-refractivity contribution is 14.0. The molecule has 0 radical (unpaired) electrons. The molecule has 0 amide bonds. The predicted molar refractivity (Wildman–Crippen MR) is 118 cm³/mol. The standard InChI is InChI=1S/C17H31N5O3S.HI/c1-17(2,6-12-26(4,23)24)14-19-16(18-3)22-9-7-21(8-10-22)13-15-5-11-25-20-15;/h5,11H,6-10,12-14H2,1-4H3,(H,18,19);1H. The summed E-state index contributed by atoms with van der Waals surface area (Å²) in [6.45, 7) is 9.30. The molecule has 8 nitrogen and oxygen atoms in total. The lowest BCUT2D eigenvalue weighted by Crippen LogP contribution is -2.53. The van der Waals surface area contributed by atoms with Crippen molar-refractivity contribution in [1.29, 1.82) is 0 Å². The summed E-state index contributed by atoms with van der Waals surface area (Å²) in [6, 6.07) is 1.89. The fraction of sp³-hybridized carbons (Fsp3) is 0.765. The molecule has 0 unspecified atom stereocenters. The zero-order valence-electron chi connectivity index (χ0n) is 16.6. The molecular formula is C17H32IN5O3S. The molecule has 1 aliphatic heterocycles. The van der Waals surface area contributed by atoms with Gasteiger partial charge in [0.05, 0.1) is 11.4 Å². The quantitative estimate of drug-likeness (QED) is 0.335. The van der Waals surface area contributed by atoms with Crippen molar-refractivity contribution in [3.05, 3.63) is 18.0 Å². The number of aromatic nitrogens is 1. The summed E-state index contributed by atoms with van der Waals surface area (Å²) >= 11 is 0. The van der Waals surface area contributed by atoms with Crippen LogP contribution in [0.15, 0.2) is 21.8 Å². The Morgan fingerprint density at radius 3 is 2.52 bits per heavy atom. The lowest BCUT2D eigenvalue weighted by Gasteiger charge is -2.37. The first-order chi connectivity index (χ1) is 12.2. The third-order valence-corrected chi connectivity index (χ3v) is 5.58. The average Bonchev–Trinajstić information content (AvgIpc) is 3.07. The maximum atomic E-state index is 11.4. The molecule has 2 heterocycles. The lowest BCUT2D eigenvalue weighted by atomic mass is 9.90. The molecule has 1 aliphatic rings. The number of hydrogen-bond acceptors (Lipinski definition) is 6. The SMILES string of the molecule is CN=C(NCC(C)(C)CCS(C)(=O)=O)N1CCN(Cc2ccon2)CC1.I. The fourth-order valence-electron chi connectivity index (χ4n) is 2.87. The summed E-state index contributed by atoms with van der Waals surface area (Å²) in [4.78, 5) is 8.98. The van der Waals surface area contributed by atoms with Crippen LogP contribution in [0.25, 0.3) is 0 Å². The molecule has 0 bridgehead atoms. The number of nitrogens with one attached hydrogen (secondary N) is 1. The highest BCUT2D eigenvalue weighted by Gasteiger charge is 2.24. The number of sulfone groups is 1.